The van der Waals surface area contributed by atoms with Gasteiger partial charge >= 0.3 is 0 Å². The lowest BCUT2D eigenvalue weighted by molar-refractivity contribution is 0.0646. The van der Waals surface area contributed by atoms with E-state index >= 15 is 0 Å². The predicted molar refractivity (Wildman–Crippen MR) is 59.5 cm³/mol. The molecule has 0 bridgehead atoms. The zero-order chi connectivity index (χ0) is 11.0. The van der Waals surface area contributed by atoms with Gasteiger partial charge in [0.2, 0.25) is 0 Å². The summed E-state index contributed by atoms with van der Waals surface area (Å²) in [6, 6.07) is 3.63. The van der Waals surface area contributed by atoms with Gasteiger partial charge in [-0.05, 0) is 17.7 Å². The van der Waals surface area contributed by atoms with Crippen molar-refractivity contribution in [2.75, 3.05) is 14.2 Å². The minimum absolute atomic E-state index is 0.0344. The summed E-state index contributed by atoms with van der Waals surface area (Å²) in [5, 5.41) is 0. The summed E-state index contributed by atoms with van der Waals surface area (Å²) in [7, 11) is 3.14. The molecule has 0 saturated heterocycles. The highest BCUT2D eigenvalue weighted by atomic mass is 79.9. The summed E-state index contributed by atoms with van der Waals surface area (Å²) in [5.74, 6) is 0.720. The standard InChI is InChI=1S/C11H11BrO3/c1-14-6-3-8-7(9(12)4-6)5-10(15-2)11(8)13/h3-4,10H,5H2,1-2H3. The van der Waals surface area contributed by atoms with Crippen LogP contribution in [0.1, 0.15) is 15.9 Å². The average molecular weight is 271 g/mol. The van der Waals surface area contributed by atoms with E-state index in [-0.39, 0.29) is 11.9 Å². The molecule has 0 spiro atoms. The molecule has 0 radical (unpaired) electrons. The van der Waals surface area contributed by atoms with Crippen LogP contribution in [0.4, 0.5) is 0 Å². The van der Waals surface area contributed by atoms with E-state index in [1.54, 1.807) is 20.3 Å². The van der Waals surface area contributed by atoms with E-state index in [0.29, 0.717) is 17.7 Å². The van der Waals surface area contributed by atoms with E-state index in [1.807, 2.05) is 6.07 Å². The van der Waals surface area contributed by atoms with Crippen molar-refractivity contribution in [3.8, 4) is 5.75 Å². The first-order valence-electron chi connectivity index (χ1n) is 4.60. The number of hydrogen-bond donors (Lipinski definition) is 0. The van der Waals surface area contributed by atoms with Gasteiger partial charge in [0.15, 0.2) is 5.78 Å². The summed E-state index contributed by atoms with van der Waals surface area (Å²) in [6.07, 6.45) is 0.290. The van der Waals surface area contributed by atoms with E-state index < -0.39 is 0 Å². The first-order valence-corrected chi connectivity index (χ1v) is 5.40. The molecule has 0 amide bonds. The summed E-state index contributed by atoms with van der Waals surface area (Å²) in [4.78, 5) is 11.8. The van der Waals surface area contributed by atoms with E-state index in [2.05, 4.69) is 15.9 Å². The molecule has 1 aliphatic carbocycles. The lowest BCUT2D eigenvalue weighted by Crippen LogP contribution is -2.17. The van der Waals surface area contributed by atoms with Crippen molar-refractivity contribution in [2.24, 2.45) is 0 Å². The Labute approximate surface area is 96.5 Å². The molecule has 15 heavy (non-hydrogen) atoms. The number of carbonyl (C=O) groups excluding carboxylic acids is 1. The molecule has 1 aliphatic rings. The number of Topliss-reactive ketones (excluding diaryl/α,β-unsaturated/α-hetero) is 1. The Morgan fingerprint density at radius 1 is 1.40 bits per heavy atom. The lowest BCUT2D eigenvalue weighted by atomic mass is 10.1. The van der Waals surface area contributed by atoms with Gasteiger partial charge in [0, 0.05) is 23.6 Å². The molecule has 80 valence electrons. The van der Waals surface area contributed by atoms with Gasteiger partial charge in [-0.25, -0.2) is 0 Å². The first-order chi connectivity index (χ1) is 7.17. The van der Waals surface area contributed by atoms with Crippen LogP contribution in [-0.4, -0.2) is 26.1 Å². The highest BCUT2D eigenvalue weighted by Gasteiger charge is 2.32. The van der Waals surface area contributed by atoms with Gasteiger partial charge in [-0.3, -0.25) is 4.79 Å². The van der Waals surface area contributed by atoms with Crippen LogP contribution in [0.5, 0.6) is 5.75 Å². The Kier molecular flexibility index (Phi) is 2.80. The second-order valence-electron chi connectivity index (χ2n) is 3.43. The zero-order valence-electron chi connectivity index (χ0n) is 8.54. The lowest BCUT2D eigenvalue weighted by Gasteiger charge is -2.04. The van der Waals surface area contributed by atoms with Crippen LogP contribution in [0.25, 0.3) is 0 Å². The minimum atomic E-state index is -0.344. The number of fused-ring (bicyclic) bond motifs is 1. The summed E-state index contributed by atoms with van der Waals surface area (Å²) in [5.41, 5.74) is 1.71. The summed E-state index contributed by atoms with van der Waals surface area (Å²) < 4.78 is 11.1. The van der Waals surface area contributed by atoms with Crippen molar-refractivity contribution >= 4 is 21.7 Å². The van der Waals surface area contributed by atoms with E-state index in [4.69, 9.17) is 9.47 Å². The van der Waals surface area contributed by atoms with Crippen molar-refractivity contribution < 1.29 is 14.3 Å². The highest BCUT2D eigenvalue weighted by Crippen LogP contribution is 2.34. The van der Waals surface area contributed by atoms with Crippen LogP contribution in [0.3, 0.4) is 0 Å². The van der Waals surface area contributed by atoms with Crippen molar-refractivity contribution in [3.05, 3.63) is 27.7 Å². The van der Waals surface area contributed by atoms with E-state index in [0.717, 1.165) is 10.0 Å². The third-order valence-electron chi connectivity index (χ3n) is 2.64. The largest absolute Gasteiger partial charge is 0.497 e. The number of ketones is 1. The number of ether oxygens (including phenoxy) is 2. The van der Waals surface area contributed by atoms with E-state index in [9.17, 15) is 4.79 Å². The van der Waals surface area contributed by atoms with Gasteiger partial charge in [0.25, 0.3) is 0 Å². The number of rotatable bonds is 2. The molecular weight excluding hydrogens is 260 g/mol. The van der Waals surface area contributed by atoms with Crippen molar-refractivity contribution in [3.63, 3.8) is 0 Å². The predicted octanol–water partition coefficient (Wildman–Crippen LogP) is 2.21. The molecular formula is C11H11BrO3. The minimum Gasteiger partial charge on any atom is -0.497 e. The van der Waals surface area contributed by atoms with Gasteiger partial charge in [0.1, 0.15) is 11.9 Å². The van der Waals surface area contributed by atoms with Gasteiger partial charge in [-0.15, -0.1) is 0 Å². The third kappa shape index (κ3) is 1.68. The number of carbonyl (C=O) groups is 1. The monoisotopic (exact) mass is 270 g/mol. The van der Waals surface area contributed by atoms with Crippen LogP contribution < -0.4 is 4.74 Å². The van der Waals surface area contributed by atoms with Gasteiger partial charge in [-0.1, -0.05) is 15.9 Å². The maximum absolute atomic E-state index is 11.8. The van der Waals surface area contributed by atoms with Crippen molar-refractivity contribution in [2.45, 2.75) is 12.5 Å². The Morgan fingerprint density at radius 2 is 2.13 bits per heavy atom. The van der Waals surface area contributed by atoms with E-state index in [1.165, 1.54) is 0 Å². The molecule has 2 rings (SSSR count). The molecule has 0 aliphatic heterocycles. The van der Waals surface area contributed by atoms with Crippen LogP contribution in [0, 0.1) is 0 Å². The molecule has 3 nitrogen and oxygen atoms in total. The molecule has 1 unspecified atom stereocenters. The van der Waals surface area contributed by atoms with Gasteiger partial charge in [0.05, 0.1) is 7.11 Å². The smallest absolute Gasteiger partial charge is 0.192 e. The quantitative estimate of drug-likeness (QED) is 0.827. The topological polar surface area (TPSA) is 35.5 Å². The number of methoxy groups -OCH3 is 2. The molecule has 4 heteroatoms. The molecule has 0 fully saturated rings. The second-order valence-corrected chi connectivity index (χ2v) is 4.28. The summed E-state index contributed by atoms with van der Waals surface area (Å²) in [6.45, 7) is 0. The second kappa shape index (κ2) is 3.94. The van der Waals surface area contributed by atoms with Gasteiger partial charge in [-0.2, -0.15) is 0 Å². The Hall–Kier alpha value is -0.870. The fourth-order valence-electron chi connectivity index (χ4n) is 1.80. The molecule has 1 atom stereocenters. The van der Waals surface area contributed by atoms with Crippen LogP contribution in [0.15, 0.2) is 16.6 Å². The molecule has 1 aromatic rings. The molecule has 0 N–H and O–H groups in total. The first kappa shape index (κ1) is 10.6. The number of halogens is 1. The highest BCUT2D eigenvalue weighted by molar-refractivity contribution is 9.10. The maximum Gasteiger partial charge on any atom is 0.192 e. The van der Waals surface area contributed by atoms with Crippen molar-refractivity contribution in [1.29, 1.82) is 0 Å². The molecule has 0 heterocycles. The molecule has 0 aromatic heterocycles. The van der Waals surface area contributed by atoms with Crippen LogP contribution in [-0.2, 0) is 11.2 Å². The SMILES string of the molecule is COc1cc(Br)c2c(c1)C(=O)C(OC)C2. The normalized spacial score (nSPS) is 19.1. The summed E-state index contributed by atoms with van der Waals surface area (Å²) >= 11 is 3.44. The van der Waals surface area contributed by atoms with Crippen LogP contribution in [0.2, 0.25) is 0 Å². The Balaban J connectivity index is 2.50. The maximum atomic E-state index is 11.8. The third-order valence-corrected chi connectivity index (χ3v) is 3.34. The Bertz CT molecular complexity index is 415. The Morgan fingerprint density at radius 3 is 2.73 bits per heavy atom. The fourth-order valence-corrected chi connectivity index (χ4v) is 2.40. The van der Waals surface area contributed by atoms with Gasteiger partial charge < -0.3 is 9.47 Å². The number of benzene rings is 1. The zero-order valence-corrected chi connectivity index (χ0v) is 10.1. The number of hydrogen-bond acceptors (Lipinski definition) is 3. The van der Waals surface area contributed by atoms with Crippen LogP contribution >= 0.6 is 15.9 Å². The van der Waals surface area contributed by atoms with Crippen molar-refractivity contribution in [1.82, 2.24) is 0 Å². The molecule has 0 saturated carbocycles. The fraction of sp³-hybridized carbons (Fsp3) is 0.364. The molecule has 1 aromatic carbocycles. The average Bonchev–Trinajstić information content (AvgIpc) is 2.56.